The number of ketones is 1. The van der Waals surface area contributed by atoms with Crippen molar-refractivity contribution in [3.05, 3.63) is 94.6 Å². The predicted octanol–water partition coefficient (Wildman–Crippen LogP) is 5.34. The van der Waals surface area contributed by atoms with Crippen LogP contribution < -0.4 is 14.4 Å². The Hall–Kier alpha value is -4.06. The molecule has 3 aromatic rings. The van der Waals surface area contributed by atoms with E-state index >= 15 is 0 Å². The Kier molecular flexibility index (Phi) is 6.41. The van der Waals surface area contributed by atoms with Gasteiger partial charge in [0.25, 0.3) is 11.7 Å². The summed E-state index contributed by atoms with van der Waals surface area (Å²) in [5.41, 5.74) is 3.39. The van der Waals surface area contributed by atoms with E-state index in [1.54, 1.807) is 30.3 Å². The molecule has 0 spiro atoms. The van der Waals surface area contributed by atoms with Gasteiger partial charge in [-0.2, -0.15) is 0 Å². The molecule has 1 N–H and O–H groups in total. The molecule has 34 heavy (non-hydrogen) atoms. The molecular formula is C28H27NO5. The van der Waals surface area contributed by atoms with Gasteiger partial charge in [0, 0.05) is 5.69 Å². The number of amides is 1. The van der Waals surface area contributed by atoms with Gasteiger partial charge in [-0.1, -0.05) is 42.0 Å². The van der Waals surface area contributed by atoms with Gasteiger partial charge in [-0.15, -0.1) is 0 Å². The number of hydrogen-bond donors (Lipinski definition) is 1. The minimum Gasteiger partial charge on any atom is -0.507 e. The van der Waals surface area contributed by atoms with Crippen molar-refractivity contribution in [2.75, 3.05) is 18.6 Å². The van der Waals surface area contributed by atoms with Crippen LogP contribution >= 0.6 is 0 Å². The van der Waals surface area contributed by atoms with E-state index in [9.17, 15) is 14.7 Å². The highest BCUT2D eigenvalue weighted by molar-refractivity contribution is 6.51. The summed E-state index contributed by atoms with van der Waals surface area (Å²) in [5.74, 6) is -0.617. The number of anilines is 1. The van der Waals surface area contributed by atoms with Crippen molar-refractivity contribution >= 4 is 23.1 Å². The lowest BCUT2D eigenvalue weighted by molar-refractivity contribution is -0.132. The third-order valence-electron chi connectivity index (χ3n) is 5.94. The van der Waals surface area contributed by atoms with Crippen LogP contribution in [0.5, 0.6) is 11.5 Å². The number of para-hydroxylation sites is 1. The number of ether oxygens (including phenoxy) is 2. The van der Waals surface area contributed by atoms with Crippen molar-refractivity contribution in [1.29, 1.82) is 0 Å². The first-order valence-corrected chi connectivity index (χ1v) is 11.1. The van der Waals surface area contributed by atoms with Gasteiger partial charge in [-0.05, 0) is 62.2 Å². The first-order valence-electron chi connectivity index (χ1n) is 11.1. The smallest absolute Gasteiger partial charge is 0.300 e. The summed E-state index contributed by atoms with van der Waals surface area (Å²) in [5, 5.41) is 11.4. The topological polar surface area (TPSA) is 76.1 Å². The lowest BCUT2D eigenvalue weighted by Gasteiger charge is -2.27. The molecule has 6 nitrogen and oxygen atoms in total. The van der Waals surface area contributed by atoms with Crippen LogP contribution in [0.25, 0.3) is 5.76 Å². The molecule has 174 valence electrons. The van der Waals surface area contributed by atoms with Crippen molar-refractivity contribution in [1.82, 2.24) is 0 Å². The maximum absolute atomic E-state index is 13.4. The molecule has 1 heterocycles. The molecule has 0 bridgehead atoms. The number of rotatable bonds is 6. The third-order valence-corrected chi connectivity index (χ3v) is 5.94. The van der Waals surface area contributed by atoms with E-state index in [0.717, 1.165) is 11.1 Å². The Morgan fingerprint density at radius 2 is 1.71 bits per heavy atom. The van der Waals surface area contributed by atoms with E-state index in [1.807, 2.05) is 57.2 Å². The fraction of sp³-hybridized carbons (Fsp3) is 0.214. The zero-order chi connectivity index (χ0) is 24.4. The number of benzene rings is 3. The number of carbonyl (C=O) groups is 2. The van der Waals surface area contributed by atoms with Crippen LogP contribution in [0.1, 0.15) is 35.2 Å². The zero-order valence-electron chi connectivity index (χ0n) is 19.7. The minimum atomic E-state index is -0.818. The van der Waals surface area contributed by atoms with E-state index in [0.29, 0.717) is 34.9 Å². The molecule has 3 aromatic carbocycles. The summed E-state index contributed by atoms with van der Waals surface area (Å²) >= 11 is 0. The molecular weight excluding hydrogens is 430 g/mol. The number of carbonyl (C=O) groups excluding carboxylic acids is 2. The fourth-order valence-electron chi connectivity index (χ4n) is 4.30. The van der Waals surface area contributed by atoms with Gasteiger partial charge in [0.05, 0.1) is 30.9 Å². The Morgan fingerprint density at radius 3 is 2.35 bits per heavy atom. The quantitative estimate of drug-likeness (QED) is 0.307. The van der Waals surface area contributed by atoms with Crippen molar-refractivity contribution in [2.24, 2.45) is 0 Å². The maximum atomic E-state index is 13.4. The minimum absolute atomic E-state index is 0.0151. The van der Waals surface area contributed by atoms with Crippen LogP contribution in [0.4, 0.5) is 5.69 Å². The number of aryl methyl sites for hydroxylation is 2. The number of methoxy groups -OCH3 is 1. The summed E-state index contributed by atoms with van der Waals surface area (Å²) < 4.78 is 11.0. The second-order valence-corrected chi connectivity index (χ2v) is 8.16. The zero-order valence-corrected chi connectivity index (χ0v) is 19.7. The second kappa shape index (κ2) is 9.43. The molecule has 0 radical (unpaired) electrons. The second-order valence-electron chi connectivity index (χ2n) is 8.16. The highest BCUT2D eigenvalue weighted by Crippen LogP contribution is 2.44. The Bertz CT molecular complexity index is 1280. The molecule has 0 saturated carbocycles. The molecule has 1 saturated heterocycles. The summed E-state index contributed by atoms with van der Waals surface area (Å²) in [4.78, 5) is 28.2. The molecule has 1 unspecified atom stereocenters. The van der Waals surface area contributed by atoms with Gasteiger partial charge in [0.15, 0.2) is 0 Å². The van der Waals surface area contributed by atoms with Crippen molar-refractivity contribution in [3.8, 4) is 11.5 Å². The maximum Gasteiger partial charge on any atom is 0.300 e. The van der Waals surface area contributed by atoms with Crippen molar-refractivity contribution in [3.63, 3.8) is 0 Å². The molecule has 0 aromatic heterocycles. The van der Waals surface area contributed by atoms with Gasteiger partial charge >= 0.3 is 0 Å². The van der Waals surface area contributed by atoms with Crippen LogP contribution in [-0.4, -0.2) is 30.5 Å². The largest absolute Gasteiger partial charge is 0.507 e. The van der Waals surface area contributed by atoms with Gasteiger partial charge < -0.3 is 14.6 Å². The van der Waals surface area contributed by atoms with Crippen LogP contribution in [0.15, 0.2) is 72.3 Å². The van der Waals surface area contributed by atoms with Crippen molar-refractivity contribution in [2.45, 2.75) is 26.8 Å². The van der Waals surface area contributed by atoms with Crippen LogP contribution in [0.3, 0.4) is 0 Å². The molecule has 1 aliphatic rings. The lowest BCUT2D eigenvalue weighted by atomic mass is 9.94. The predicted molar refractivity (Wildman–Crippen MR) is 131 cm³/mol. The summed E-state index contributed by atoms with van der Waals surface area (Å²) in [6, 6.07) is 19.1. The monoisotopic (exact) mass is 457 g/mol. The molecule has 6 heteroatoms. The van der Waals surface area contributed by atoms with Crippen LogP contribution in [0, 0.1) is 13.8 Å². The highest BCUT2D eigenvalue weighted by atomic mass is 16.5. The Balaban J connectivity index is 1.97. The highest BCUT2D eigenvalue weighted by Gasteiger charge is 2.47. The summed E-state index contributed by atoms with van der Waals surface area (Å²) in [6.07, 6.45) is 0. The summed E-state index contributed by atoms with van der Waals surface area (Å²) in [7, 11) is 1.50. The van der Waals surface area contributed by atoms with Gasteiger partial charge in [-0.25, -0.2) is 0 Å². The van der Waals surface area contributed by atoms with Gasteiger partial charge in [0.2, 0.25) is 0 Å². The van der Waals surface area contributed by atoms with E-state index in [4.69, 9.17) is 9.47 Å². The summed E-state index contributed by atoms with van der Waals surface area (Å²) in [6.45, 7) is 6.18. The third kappa shape index (κ3) is 4.03. The Labute approximate surface area is 199 Å². The van der Waals surface area contributed by atoms with E-state index in [-0.39, 0.29) is 11.3 Å². The molecule has 1 atom stereocenters. The molecule has 1 fully saturated rings. The van der Waals surface area contributed by atoms with Gasteiger partial charge in [0.1, 0.15) is 17.3 Å². The fourth-order valence-corrected chi connectivity index (χ4v) is 4.30. The number of aliphatic hydroxyl groups excluding tert-OH is 1. The average molecular weight is 458 g/mol. The van der Waals surface area contributed by atoms with Crippen LogP contribution in [0.2, 0.25) is 0 Å². The molecule has 1 aliphatic heterocycles. The average Bonchev–Trinajstić information content (AvgIpc) is 3.10. The van der Waals surface area contributed by atoms with Crippen LogP contribution in [-0.2, 0) is 9.59 Å². The molecule has 0 aliphatic carbocycles. The van der Waals surface area contributed by atoms with Gasteiger partial charge in [-0.3, -0.25) is 14.5 Å². The Morgan fingerprint density at radius 1 is 1.00 bits per heavy atom. The number of hydrogen-bond acceptors (Lipinski definition) is 5. The standard InChI is InChI=1S/C28H27NO5/c1-5-34-20-13-11-19(12-14-20)25-24(26(30)21-16-17(2)10-15-23(21)33-4)27(31)28(32)29(25)22-9-7-6-8-18(22)3/h6-16,25,30H,5H2,1-4H3/b26-24+. The number of nitrogens with zero attached hydrogens (tertiary/aromatic N) is 1. The number of aliphatic hydroxyl groups is 1. The molecule has 4 rings (SSSR count). The normalized spacial score (nSPS) is 17.2. The van der Waals surface area contributed by atoms with E-state index in [1.165, 1.54) is 12.0 Å². The van der Waals surface area contributed by atoms with E-state index in [2.05, 4.69) is 0 Å². The number of Topliss-reactive ketones (excluding diaryl/α,β-unsaturated/α-hetero) is 1. The SMILES string of the molecule is CCOc1ccc(C2/C(=C(\O)c3cc(C)ccc3OC)C(=O)C(=O)N2c2ccccc2C)cc1. The van der Waals surface area contributed by atoms with E-state index < -0.39 is 17.7 Å². The van der Waals surface area contributed by atoms with Crippen molar-refractivity contribution < 1.29 is 24.2 Å². The lowest BCUT2D eigenvalue weighted by Crippen LogP contribution is -2.30. The first kappa shape index (κ1) is 23.1. The first-order chi connectivity index (χ1) is 16.4. The molecule has 1 amide bonds.